The molecule has 2 N–H and O–H groups in total. The van der Waals surface area contributed by atoms with E-state index < -0.39 is 11.9 Å². The lowest BCUT2D eigenvalue weighted by molar-refractivity contribution is -0.134. The van der Waals surface area contributed by atoms with Gasteiger partial charge in [0, 0.05) is 23.1 Å². The van der Waals surface area contributed by atoms with Gasteiger partial charge in [-0.05, 0) is 55.7 Å². The molecular weight excluding hydrogens is 430 g/mol. The number of rotatable bonds is 7. The number of benzene rings is 2. The molecule has 1 aliphatic heterocycles. The van der Waals surface area contributed by atoms with Gasteiger partial charge >= 0.3 is 11.9 Å². The summed E-state index contributed by atoms with van der Waals surface area (Å²) in [4.78, 5) is 24.2. The standard InChI is InChI=1S/C24H29NO.C4H4O4/c1-6-16-26-19-13-14-20-21(17-19)23(2,3)24(4,5)25-22(20)15-12-18-10-8-7-9-11-18;5-3(6)1-2-4(7)8/h7-15,17H,6,16H2,1-5H3;1-2H,(H,5,6)(H,7,8). The topological polar surface area (TPSA) is 96.2 Å². The van der Waals surface area contributed by atoms with E-state index in [1.807, 2.05) is 6.07 Å². The molecule has 1 heterocycles. The van der Waals surface area contributed by atoms with Crippen molar-refractivity contribution < 1.29 is 24.5 Å². The highest BCUT2D eigenvalue weighted by Gasteiger charge is 2.43. The van der Waals surface area contributed by atoms with E-state index in [-0.39, 0.29) is 11.0 Å². The Bertz CT molecular complexity index is 1080. The number of aliphatic carboxylic acids is 2. The van der Waals surface area contributed by atoms with E-state index >= 15 is 0 Å². The average Bonchev–Trinajstić information content (AvgIpc) is 2.79. The molecule has 0 saturated carbocycles. The van der Waals surface area contributed by atoms with E-state index in [0.29, 0.717) is 12.2 Å². The van der Waals surface area contributed by atoms with Gasteiger partial charge in [0.25, 0.3) is 0 Å². The minimum Gasteiger partial charge on any atom is -0.494 e. The molecule has 0 amide bonds. The molecule has 0 aromatic heterocycles. The third kappa shape index (κ3) is 6.91. The Morgan fingerprint density at radius 3 is 2.12 bits per heavy atom. The average molecular weight is 464 g/mol. The number of hydrogen-bond acceptors (Lipinski definition) is 4. The number of nitrogens with zero attached hydrogens (tertiary/aromatic N) is 1. The normalized spacial score (nSPS) is 15.7. The Morgan fingerprint density at radius 2 is 1.56 bits per heavy atom. The van der Waals surface area contributed by atoms with Gasteiger partial charge in [-0.2, -0.15) is 0 Å². The largest absolute Gasteiger partial charge is 0.494 e. The molecule has 0 radical (unpaired) electrons. The maximum absolute atomic E-state index is 9.55. The number of ether oxygens (including phenoxy) is 1. The van der Waals surface area contributed by atoms with E-state index in [4.69, 9.17) is 19.9 Å². The molecule has 180 valence electrons. The predicted octanol–water partition coefficient (Wildman–Crippen LogP) is 5.76. The highest BCUT2D eigenvalue weighted by Crippen LogP contribution is 2.44. The van der Waals surface area contributed by atoms with Gasteiger partial charge in [-0.1, -0.05) is 57.2 Å². The van der Waals surface area contributed by atoms with Gasteiger partial charge in [0.2, 0.25) is 0 Å². The van der Waals surface area contributed by atoms with Gasteiger partial charge in [0.15, 0.2) is 0 Å². The van der Waals surface area contributed by atoms with Crippen molar-refractivity contribution in [3.05, 3.63) is 83.4 Å². The molecule has 0 fully saturated rings. The fourth-order valence-corrected chi connectivity index (χ4v) is 3.41. The number of carboxylic acids is 2. The van der Waals surface area contributed by atoms with Crippen LogP contribution in [0.5, 0.6) is 5.75 Å². The number of allylic oxidation sites excluding steroid dienone is 1. The molecule has 1 aliphatic rings. The molecule has 3 rings (SSSR count). The predicted molar refractivity (Wildman–Crippen MR) is 136 cm³/mol. The van der Waals surface area contributed by atoms with Crippen LogP contribution >= 0.6 is 0 Å². The van der Waals surface area contributed by atoms with Crippen molar-refractivity contribution in [2.45, 2.75) is 52.0 Å². The zero-order chi connectivity index (χ0) is 25.4. The van der Waals surface area contributed by atoms with Crippen LogP contribution in [0.4, 0.5) is 0 Å². The minimum atomic E-state index is -1.26. The molecule has 34 heavy (non-hydrogen) atoms. The van der Waals surface area contributed by atoms with E-state index in [1.165, 1.54) is 16.7 Å². The Kier molecular flexibility index (Phi) is 8.96. The van der Waals surface area contributed by atoms with Crippen molar-refractivity contribution >= 4 is 23.7 Å². The highest BCUT2D eigenvalue weighted by molar-refractivity contribution is 6.13. The maximum Gasteiger partial charge on any atom is 0.328 e. The number of carbonyl (C=O) groups is 2. The Morgan fingerprint density at radius 1 is 0.941 bits per heavy atom. The smallest absolute Gasteiger partial charge is 0.328 e. The first-order chi connectivity index (χ1) is 16.0. The number of carboxylic acid groups (broad SMARTS) is 2. The van der Waals surface area contributed by atoms with E-state index in [0.717, 1.165) is 24.5 Å². The molecule has 6 heteroatoms. The third-order valence-electron chi connectivity index (χ3n) is 5.94. The van der Waals surface area contributed by atoms with Crippen LogP contribution in [-0.2, 0) is 15.0 Å². The Hall–Kier alpha value is -3.67. The lowest BCUT2D eigenvalue weighted by Gasteiger charge is -2.44. The fraction of sp³-hybridized carbons (Fsp3) is 0.321. The molecule has 0 bridgehead atoms. The Balaban J connectivity index is 0.000000440. The Labute approximate surface area is 201 Å². The molecule has 0 atom stereocenters. The lowest BCUT2D eigenvalue weighted by Crippen LogP contribution is -2.45. The van der Waals surface area contributed by atoms with Crippen LogP contribution in [0, 0.1) is 0 Å². The third-order valence-corrected chi connectivity index (χ3v) is 5.94. The van der Waals surface area contributed by atoms with Crippen molar-refractivity contribution in [3.63, 3.8) is 0 Å². The molecule has 6 nitrogen and oxygen atoms in total. The van der Waals surface area contributed by atoms with Crippen molar-refractivity contribution in [3.8, 4) is 5.75 Å². The summed E-state index contributed by atoms with van der Waals surface area (Å²) in [6, 6.07) is 16.8. The quantitative estimate of drug-likeness (QED) is 0.509. The summed E-state index contributed by atoms with van der Waals surface area (Å²) in [5.74, 6) is -1.57. The van der Waals surface area contributed by atoms with Crippen LogP contribution < -0.4 is 4.74 Å². The van der Waals surface area contributed by atoms with E-state index in [9.17, 15) is 9.59 Å². The van der Waals surface area contributed by atoms with Gasteiger partial charge in [-0.15, -0.1) is 0 Å². The summed E-state index contributed by atoms with van der Waals surface area (Å²) in [6.07, 6.45) is 6.40. The van der Waals surface area contributed by atoms with E-state index in [2.05, 4.69) is 89.2 Å². The molecule has 2 aromatic rings. The van der Waals surface area contributed by atoms with Crippen molar-refractivity contribution in [2.75, 3.05) is 6.61 Å². The first-order valence-electron chi connectivity index (χ1n) is 11.2. The van der Waals surface area contributed by atoms with Crippen LogP contribution in [0.3, 0.4) is 0 Å². The molecular formula is C28H33NO5. The second kappa shape index (κ2) is 11.5. The first kappa shape index (κ1) is 26.6. The second-order valence-electron chi connectivity index (χ2n) is 8.99. The van der Waals surface area contributed by atoms with Crippen LogP contribution in [-0.4, -0.2) is 40.0 Å². The number of aliphatic imine (C=N–C) groups is 1. The second-order valence-corrected chi connectivity index (χ2v) is 8.99. The molecule has 2 aromatic carbocycles. The summed E-state index contributed by atoms with van der Waals surface area (Å²) in [6.45, 7) is 11.9. The van der Waals surface area contributed by atoms with Gasteiger partial charge in [-0.3, -0.25) is 4.99 Å². The van der Waals surface area contributed by atoms with Gasteiger partial charge in [-0.25, -0.2) is 9.59 Å². The molecule has 0 unspecified atom stereocenters. The van der Waals surface area contributed by atoms with Crippen LogP contribution in [0.1, 0.15) is 57.7 Å². The summed E-state index contributed by atoms with van der Waals surface area (Å²) in [7, 11) is 0. The monoisotopic (exact) mass is 463 g/mol. The van der Waals surface area contributed by atoms with Gasteiger partial charge < -0.3 is 14.9 Å². The maximum atomic E-state index is 9.55. The number of fused-ring (bicyclic) bond motifs is 1. The zero-order valence-electron chi connectivity index (χ0n) is 20.4. The van der Waals surface area contributed by atoms with Crippen molar-refractivity contribution in [1.82, 2.24) is 0 Å². The van der Waals surface area contributed by atoms with Crippen LogP contribution in [0.15, 0.2) is 71.8 Å². The number of hydrogen-bond donors (Lipinski definition) is 2. The first-order valence-corrected chi connectivity index (χ1v) is 11.2. The molecule has 0 saturated heterocycles. The summed E-state index contributed by atoms with van der Waals surface area (Å²) in [5, 5.41) is 15.6. The van der Waals surface area contributed by atoms with E-state index in [1.54, 1.807) is 0 Å². The van der Waals surface area contributed by atoms with Crippen molar-refractivity contribution in [2.24, 2.45) is 4.99 Å². The van der Waals surface area contributed by atoms with Crippen LogP contribution in [0.2, 0.25) is 0 Å². The van der Waals surface area contributed by atoms with Crippen LogP contribution in [0.25, 0.3) is 6.08 Å². The summed E-state index contributed by atoms with van der Waals surface area (Å²) < 4.78 is 5.89. The molecule has 0 spiro atoms. The lowest BCUT2D eigenvalue weighted by atomic mass is 9.66. The molecule has 0 aliphatic carbocycles. The van der Waals surface area contributed by atoms with Crippen molar-refractivity contribution in [1.29, 1.82) is 0 Å². The van der Waals surface area contributed by atoms with Gasteiger partial charge in [0.05, 0.1) is 17.9 Å². The zero-order valence-corrected chi connectivity index (χ0v) is 20.4. The minimum absolute atomic E-state index is 0.0714. The SMILES string of the molecule is CCCOc1ccc2c(c1)C(C)(C)C(C)(C)N=C2C=Cc1ccccc1.O=C(O)C=CC(=O)O. The van der Waals surface area contributed by atoms with Gasteiger partial charge in [0.1, 0.15) is 5.75 Å². The summed E-state index contributed by atoms with van der Waals surface area (Å²) in [5.41, 5.74) is 4.46. The summed E-state index contributed by atoms with van der Waals surface area (Å²) >= 11 is 0. The fourth-order valence-electron chi connectivity index (χ4n) is 3.41. The highest BCUT2D eigenvalue weighted by atomic mass is 16.5.